The van der Waals surface area contributed by atoms with Crippen molar-refractivity contribution in [3.05, 3.63) is 0 Å². The number of nitrogens with two attached hydrogens (primary N) is 1. The van der Waals surface area contributed by atoms with Crippen molar-refractivity contribution >= 4 is 17.7 Å². The van der Waals surface area contributed by atoms with Gasteiger partial charge in [-0.3, -0.25) is 4.79 Å². The highest BCUT2D eigenvalue weighted by molar-refractivity contribution is 8.00. The lowest BCUT2D eigenvalue weighted by Crippen LogP contribution is -2.47. The molecule has 0 bridgehead atoms. The average Bonchev–Trinajstić information content (AvgIpc) is 2.98. The molecular weight excluding hydrogens is 220 g/mol. The van der Waals surface area contributed by atoms with Crippen LogP contribution in [-0.4, -0.2) is 40.4 Å². The van der Waals surface area contributed by atoms with E-state index in [1.165, 1.54) is 12.8 Å². The van der Waals surface area contributed by atoms with Crippen molar-refractivity contribution < 1.29 is 4.79 Å². The molecule has 2 aliphatic rings. The third-order valence-electron chi connectivity index (χ3n) is 3.42. The summed E-state index contributed by atoms with van der Waals surface area (Å²) in [5.74, 6) is 1.93. The fourth-order valence-electron chi connectivity index (χ4n) is 2.25. The molecule has 0 aromatic heterocycles. The zero-order valence-electron chi connectivity index (χ0n) is 10.2. The van der Waals surface area contributed by atoms with E-state index in [4.69, 9.17) is 5.73 Å². The minimum atomic E-state index is 0.102. The van der Waals surface area contributed by atoms with E-state index in [0.29, 0.717) is 12.3 Å². The molecule has 2 rings (SSSR count). The molecule has 1 aliphatic heterocycles. The van der Waals surface area contributed by atoms with Crippen LogP contribution >= 0.6 is 11.8 Å². The van der Waals surface area contributed by atoms with Gasteiger partial charge in [-0.05, 0) is 32.6 Å². The maximum absolute atomic E-state index is 12.1. The predicted molar refractivity (Wildman–Crippen MR) is 68.4 cm³/mol. The summed E-state index contributed by atoms with van der Waals surface area (Å²) in [5, 5.41) is 0. The van der Waals surface area contributed by atoms with Crippen molar-refractivity contribution in [3.63, 3.8) is 0 Å². The lowest BCUT2D eigenvalue weighted by Gasteiger charge is -2.38. The Kier molecular flexibility index (Phi) is 3.50. The monoisotopic (exact) mass is 242 g/mol. The standard InChI is InChI=1S/C12H22N2OS/c1-12(2)8-14(5-6-16-12)11(15)7-10(13)9-3-4-9/h9-10H,3-8,13H2,1-2H3. The molecule has 1 heterocycles. The van der Waals surface area contributed by atoms with Gasteiger partial charge < -0.3 is 10.6 Å². The number of hydrogen-bond acceptors (Lipinski definition) is 3. The van der Waals surface area contributed by atoms with Gasteiger partial charge in [0.25, 0.3) is 0 Å². The molecule has 2 N–H and O–H groups in total. The Morgan fingerprint density at radius 3 is 2.81 bits per heavy atom. The van der Waals surface area contributed by atoms with Crippen LogP contribution in [0.25, 0.3) is 0 Å². The van der Waals surface area contributed by atoms with E-state index in [1.54, 1.807) is 0 Å². The maximum atomic E-state index is 12.1. The number of rotatable bonds is 3. The Morgan fingerprint density at radius 2 is 2.25 bits per heavy atom. The first-order valence-corrected chi connectivity index (χ1v) is 7.14. The first kappa shape index (κ1) is 12.2. The minimum Gasteiger partial charge on any atom is -0.340 e. The van der Waals surface area contributed by atoms with Gasteiger partial charge in [0.1, 0.15) is 0 Å². The summed E-state index contributed by atoms with van der Waals surface area (Å²) in [6, 6.07) is 0.102. The van der Waals surface area contributed by atoms with Gasteiger partial charge in [0.05, 0.1) is 0 Å². The van der Waals surface area contributed by atoms with Crippen LogP contribution in [0.5, 0.6) is 0 Å². The van der Waals surface area contributed by atoms with E-state index < -0.39 is 0 Å². The molecule has 1 saturated heterocycles. The summed E-state index contributed by atoms with van der Waals surface area (Å²) >= 11 is 1.95. The van der Waals surface area contributed by atoms with Crippen LogP contribution < -0.4 is 5.73 Å². The summed E-state index contributed by atoms with van der Waals surface area (Å²) in [6.45, 7) is 6.17. The predicted octanol–water partition coefficient (Wildman–Crippen LogP) is 1.47. The summed E-state index contributed by atoms with van der Waals surface area (Å²) in [5.41, 5.74) is 6.00. The molecule has 2 fully saturated rings. The van der Waals surface area contributed by atoms with Gasteiger partial charge in [-0.2, -0.15) is 11.8 Å². The Morgan fingerprint density at radius 1 is 1.56 bits per heavy atom. The van der Waals surface area contributed by atoms with Crippen molar-refractivity contribution in [1.29, 1.82) is 0 Å². The molecule has 4 heteroatoms. The highest BCUT2D eigenvalue weighted by Gasteiger charge is 2.33. The van der Waals surface area contributed by atoms with Crippen LogP contribution in [0.3, 0.4) is 0 Å². The number of hydrogen-bond donors (Lipinski definition) is 1. The minimum absolute atomic E-state index is 0.102. The van der Waals surface area contributed by atoms with E-state index in [-0.39, 0.29) is 16.7 Å². The topological polar surface area (TPSA) is 46.3 Å². The fourth-order valence-corrected chi connectivity index (χ4v) is 3.36. The number of carbonyl (C=O) groups excluding carboxylic acids is 1. The van der Waals surface area contributed by atoms with Gasteiger partial charge in [-0.25, -0.2) is 0 Å². The summed E-state index contributed by atoms with van der Waals surface area (Å²) in [4.78, 5) is 14.1. The second-order valence-corrected chi connectivity index (χ2v) is 7.43. The zero-order chi connectivity index (χ0) is 11.8. The Hall–Kier alpha value is -0.220. The molecule has 1 saturated carbocycles. The van der Waals surface area contributed by atoms with Gasteiger partial charge in [0.15, 0.2) is 0 Å². The second-order valence-electron chi connectivity index (χ2n) is 5.63. The van der Waals surface area contributed by atoms with Crippen molar-refractivity contribution in [1.82, 2.24) is 4.90 Å². The van der Waals surface area contributed by atoms with Crippen molar-refractivity contribution in [2.75, 3.05) is 18.8 Å². The average molecular weight is 242 g/mol. The normalized spacial score (nSPS) is 26.6. The molecular formula is C12H22N2OS. The molecule has 0 aromatic rings. The summed E-state index contributed by atoms with van der Waals surface area (Å²) in [7, 11) is 0. The number of thioether (sulfide) groups is 1. The Balaban J connectivity index is 1.83. The van der Waals surface area contributed by atoms with Crippen LogP contribution in [0.2, 0.25) is 0 Å². The quantitative estimate of drug-likeness (QED) is 0.815. The first-order valence-electron chi connectivity index (χ1n) is 6.15. The largest absolute Gasteiger partial charge is 0.340 e. The molecule has 1 unspecified atom stereocenters. The van der Waals surface area contributed by atoms with Crippen LogP contribution in [0, 0.1) is 5.92 Å². The van der Waals surface area contributed by atoms with Gasteiger partial charge >= 0.3 is 0 Å². The molecule has 3 nitrogen and oxygen atoms in total. The lowest BCUT2D eigenvalue weighted by atomic mass is 10.1. The maximum Gasteiger partial charge on any atom is 0.224 e. The summed E-state index contributed by atoms with van der Waals surface area (Å²) in [6.07, 6.45) is 2.98. The van der Waals surface area contributed by atoms with Gasteiger partial charge in [0.2, 0.25) is 5.91 Å². The van der Waals surface area contributed by atoms with Crippen molar-refractivity contribution in [3.8, 4) is 0 Å². The van der Waals surface area contributed by atoms with Crippen LogP contribution in [0.4, 0.5) is 0 Å². The van der Waals surface area contributed by atoms with Crippen LogP contribution in [0.1, 0.15) is 33.1 Å². The first-order chi connectivity index (χ1) is 7.48. The van der Waals surface area contributed by atoms with Gasteiger partial charge in [-0.15, -0.1) is 0 Å². The van der Waals surface area contributed by atoms with Gasteiger partial charge in [0, 0.05) is 36.1 Å². The molecule has 92 valence electrons. The van der Waals surface area contributed by atoms with E-state index in [1.807, 2.05) is 16.7 Å². The molecule has 0 spiro atoms. The lowest BCUT2D eigenvalue weighted by molar-refractivity contribution is -0.131. The third kappa shape index (κ3) is 3.14. The van der Waals surface area contributed by atoms with Crippen LogP contribution in [-0.2, 0) is 4.79 Å². The second kappa shape index (κ2) is 4.57. The molecule has 1 amide bonds. The third-order valence-corrected chi connectivity index (χ3v) is 4.71. The number of carbonyl (C=O) groups is 1. The van der Waals surface area contributed by atoms with Gasteiger partial charge in [-0.1, -0.05) is 0 Å². The number of nitrogens with zero attached hydrogens (tertiary/aromatic N) is 1. The SMILES string of the molecule is CC1(C)CN(C(=O)CC(N)C2CC2)CCS1. The molecule has 1 atom stereocenters. The molecule has 0 radical (unpaired) electrons. The highest BCUT2D eigenvalue weighted by Crippen LogP contribution is 2.34. The Bertz CT molecular complexity index is 276. The summed E-state index contributed by atoms with van der Waals surface area (Å²) < 4.78 is 0.206. The zero-order valence-corrected chi connectivity index (χ0v) is 11.1. The van der Waals surface area contributed by atoms with Crippen LogP contribution in [0.15, 0.2) is 0 Å². The van der Waals surface area contributed by atoms with E-state index in [0.717, 1.165) is 18.8 Å². The highest BCUT2D eigenvalue weighted by atomic mass is 32.2. The van der Waals surface area contributed by atoms with Crippen molar-refractivity contribution in [2.45, 2.75) is 43.9 Å². The van der Waals surface area contributed by atoms with Crippen molar-refractivity contribution in [2.24, 2.45) is 11.7 Å². The van der Waals surface area contributed by atoms with E-state index in [2.05, 4.69) is 13.8 Å². The van der Waals surface area contributed by atoms with E-state index >= 15 is 0 Å². The van der Waals surface area contributed by atoms with E-state index in [9.17, 15) is 4.79 Å². The Labute approximate surface area is 102 Å². The fraction of sp³-hybridized carbons (Fsp3) is 0.917. The molecule has 16 heavy (non-hydrogen) atoms. The molecule has 1 aliphatic carbocycles. The smallest absolute Gasteiger partial charge is 0.224 e. The molecule has 0 aromatic carbocycles. The number of amides is 1.